The minimum atomic E-state index is 0.0808. The molecule has 0 aromatic heterocycles. The Morgan fingerprint density at radius 3 is 2.86 bits per heavy atom. The fourth-order valence-corrected chi connectivity index (χ4v) is 3.34. The second kappa shape index (κ2) is 4.83. The molecule has 0 saturated carbocycles. The van der Waals surface area contributed by atoms with E-state index in [1.54, 1.807) is 0 Å². The first-order valence-electron chi connectivity index (χ1n) is 7.38. The fourth-order valence-electron chi connectivity index (χ4n) is 3.34. The zero-order valence-corrected chi connectivity index (χ0v) is 12.1. The van der Waals surface area contributed by atoms with E-state index in [-0.39, 0.29) is 12.0 Å². The Kier molecular flexibility index (Phi) is 2.94. The molecule has 2 heterocycles. The van der Waals surface area contributed by atoms with Crippen molar-refractivity contribution in [1.29, 1.82) is 0 Å². The third-order valence-electron chi connectivity index (χ3n) is 4.38. The van der Waals surface area contributed by atoms with Gasteiger partial charge < -0.3 is 14.5 Å². The van der Waals surface area contributed by atoms with Crippen molar-refractivity contribution in [1.82, 2.24) is 4.90 Å². The number of rotatable bonds is 2. The highest BCUT2D eigenvalue weighted by atomic mass is 16.5. The highest BCUT2D eigenvalue weighted by molar-refractivity contribution is 6.25. The fraction of sp³-hybridized carbons (Fsp3) is 0.353. The van der Waals surface area contributed by atoms with Crippen molar-refractivity contribution in [3.05, 3.63) is 42.0 Å². The molecule has 108 valence electrons. The number of morpholine rings is 1. The molecule has 0 N–H and O–H groups in total. The first-order valence-corrected chi connectivity index (χ1v) is 7.38. The lowest BCUT2D eigenvalue weighted by Crippen LogP contribution is -2.46. The number of carbonyl (C=O) groups is 1. The molecule has 4 heteroatoms. The summed E-state index contributed by atoms with van der Waals surface area (Å²) in [4.78, 5) is 16.8. The van der Waals surface area contributed by atoms with Crippen LogP contribution in [0.15, 0.2) is 36.4 Å². The van der Waals surface area contributed by atoms with Crippen LogP contribution in [0.3, 0.4) is 0 Å². The predicted molar refractivity (Wildman–Crippen MR) is 82.9 cm³/mol. The maximum absolute atomic E-state index is 12.7. The zero-order valence-electron chi connectivity index (χ0n) is 12.1. The second-order valence-corrected chi connectivity index (χ2v) is 5.85. The monoisotopic (exact) mass is 282 g/mol. The topological polar surface area (TPSA) is 32.8 Å². The Bertz CT molecular complexity index is 708. The van der Waals surface area contributed by atoms with E-state index < -0.39 is 0 Å². The van der Waals surface area contributed by atoms with Crippen LogP contribution in [0.2, 0.25) is 0 Å². The van der Waals surface area contributed by atoms with Gasteiger partial charge in [-0.3, -0.25) is 4.79 Å². The Balaban J connectivity index is 1.69. The van der Waals surface area contributed by atoms with E-state index >= 15 is 0 Å². The summed E-state index contributed by atoms with van der Waals surface area (Å²) in [6.45, 7) is 3.19. The largest absolute Gasteiger partial charge is 0.374 e. The van der Waals surface area contributed by atoms with Gasteiger partial charge in [0.2, 0.25) is 0 Å². The van der Waals surface area contributed by atoms with Gasteiger partial charge in [-0.25, -0.2) is 0 Å². The van der Waals surface area contributed by atoms with E-state index in [1.807, 2.05) is 29.2 Å². The Morgan fingerprint density at radius 2 is 2.05 bits per heavy atom. The molecule has 0 spiro atoms. The molecule has 4 rings (SSSR count). The van der Waals surface area contributed by atoms with Crippen LogP contribution in [0.25, 0.3) is 10.8 Å². The van der Waals surface area contributed by atoms with E-state index in [0.717, 1.165) is 41.7 Å². The Hall–Kier alpha value is -1.91. The van der Waals surface area contributed by atoms with Gasteiger partial charge in [0, 0.05) is 24.0 Å². The van der Waals surface area contributed by atoms with E-state index in [2.05, 4.69) is 24.1 Å². The quantitative estimate of drug-likeness (QED) is 0.846. The van der Waals surface area contributed by atoms with Crippen LogP contribution in [-0.4, -0.2) is 50.2 Å². The van der Waals surface area contributed by atoms with Crippen molar-refractivity contribution in [3.8, 4) is 0 Å². The van der Waals surface area contributed by atoms with Crippen molar-refractivity contribution in [2.45, 2.75) is 6.10 Å². The molecule has 0 aliphatic carbocycles. The van der Waals surface area contributed by atoms with Gasteiger partial charge in [-0.1, -0.05) is 24.3 Å². The van der Waals surface area contributed by atoms with Crippen LogP contribution in [0, 0.1) is 0 Å². The smallest absolute Gasteiger partial charge is 0.259 e. The van der Waals surface area contributed by atoms with Crippen molar-refractivity contribution in [3.63, 3.8) is 0 Å². The summed E-state index contributed by atoms with van der Waals surface area (Å²) in [5.74, 6) is 0.0960. The van der Waals surface area contributed by atoms with Crippen molar-refractivity contribution in [2.24, 2.45) is 0 Å². The summed E-state index contributed by atoms with van der Waals surface area (Å²) >= 11 is 0. The van der Waals surface area contributed by atoms with Gasteiger partial charge in [-0.2, -0.15) is 0 Å². The average molecular weight is 282 g/mol. The van der Waals surface area contributed by atoms with Gasteiger partial charge in [0.15, 0.2) is 0 Å². The van der Waals surface area contributed by atoms with E-state index in [4.69, 9.17) is 4.74 Å². The van der Waals surface area contributed by atoms with Gasteiger partial charge in [0.1, 0.15) is 0 Å². The molecule has 2 aromatic carbocycles. The average Bonchev–Trinajstić information content (AvgIpc) is 2.76. The standard InChI is InChI=1S/C17H18N2O2/c1-18-8-9-21-13(10-18)11-19-15-7-3-5-12-4-2-6-14(16(12)15)17(19)20/h2-7,13H,8-11H2,1H3. The summed E-state index contributed by atoms with van der Waals surface area (Å²) in [6.07, 6.45) is 0.0808. The van der Waals surface area contributed by atoms with Crippen molar-refractivity contribution in [2.75, 3.05) is 38.2 Å². The molecule has 2 aliphatic heterocycles. The molecule has 1 atom stereocenters. The molecule has 2 aromatic rings. The molecule has 0 radical (unpaired) electrons. The highest BCUT2D eigenvalue weighted by Gasteiger charge is 2.32. The third-order valence-corrected chi connectivity index (χ3v) is 4.38. The number of hydrogen-bond acceptors (Lipinski definition) is 3. The van der Waals surface area contributed by atoms with Gasteiger partial charge in [0.25, 0.3) is 5.91 Å². The summed E-state index contributed by atoms with van der Waals surface area (Å²) < 4.78 is 5.82. The summed E-state index contributed by atoms with van der Waals surface area (Å²) in [5, 5.41) is 2.21. The molecular weight excluding hydrogens is 264 g/mol. The second-order valence-electron chi connectivity index (χ2n) is 5.85. The number of carbonyl (C=O) groups excluding carboxylic acids is 1. The maximum Gasteiger partial charge on any atom is 0.259 e. The van der Waals surface area contributed by atoms with Crippen LogP contribution in [0.1, 0.15) is 10.4 Å². The molecule has 0 bridgehead atoms. The predicted octanol–water partition coefficient (Wildman–Crippen LogP) is 2.13. The van der Waals surface area contributed by atoms with Crippen LogP contribution in [-0.2, 0) is 4.74 Å². The van der Waals surface area contributed by atoms with E-state index in [1.165, 1.54) is 0 Å². The molecule has 1 fully saturated rings. The number of anilines is 1. The molecule has 1 unspecified atom stereocenters. The highest BCUT2D eigenvalue weighted by Crippen LogP contribution is 2.37. The maximum atomic E-state index is 12.7. The normalized spacial score (nSPS) is 22.2. The Morgan fingerprint density at radius 1 is 1.24 bits per heavy atom. The Labute approximate surface area is 123 Å². The van der Waals surface area contributed by atoms with Crippen LogP contribution >= 0.6 is 0 Å². The van der Waals surface area contributed by atoms with Gasteiger partial charge in [-0.15, -0.1) is 0 Å². The summed E-state index contributed by atoms with van der Waals surface area (Å²) in [5.41, 5.74) is 1.83. The molecule has 4 nitrogen and oxygen atoms in total. The van der Waals surface area contributed by atoms with Crippen LogP contribution < -0.4 is 4.90 Å². The molecular formula is C17H18N2O2. The van der Waals surface area contributed by atoms with Crippen LogP contribution in [0.5, 0.6) is 0 Å². The lowest BCUT2D eigenvalue weighted by molar-refractivity contribution is -0.0144. The number of ether oxygens (including phenoxy) is 1. The van der Waals surface area contributed by atoms with Gasteiger partial charge in [0.05, 0.1) is 24.9 Å². The van der Waals surface area contributed by atoms with Crippen molar-refractivity contribution >= 4 is 22.4 Å². The zero-order chi connectivity index (χ0) is 14.4. The first-order chi connectivity index (χ1) is 10.2. The molecule has 21 heavy (non-hydrogen) atoms. The number of nitrogens with zero attached hydrogens (tertiary/aromatic N) is 2. The number of hydrogen-bond donors (Lipinski definition) is 0. The lowest BCUT2D eigenvalue weighted by Gasteiger charge is -2.32. The minimum absolute atomic E-state index is 0.0808. The van der Waals surface area contributed by atoms with Crippen LogP contribution in [0.4, 0.5) is 5.69 Å². The molecule has 1 amide bonds. The van der Waals surface area contributed by atoms with Gasteiger partial charge in [-0.05, 0) is 24.6 Å². The summed E-state index contributed by atoms with van der Waals surface area (Å²) in [7, 11) is 2.09. The molecule has 1 saturated heterocycles. The van der Waals surface area contributed by atoms with E-state index in [9.17, 15) is 4.79 Å². The summed E-state index contributed by atoms with van der Waals surface area (Å²) in [6, 6.07) is 12.0. The van der Waals surface area contributed by atoms with Gasteiger partial charge >= 0.3 is 0 Å². The molecule has 2 aliphatic rings. The van der Waals surface area contributed by atoms with Crippen molar-refractivity contribution < 1.29 is 9.53 Å². The van der Waals surface area contributed by atoms with E-state index in [0.29, 0.717) is 6.54 Å². The number of amides is 1. The minimum Gasteiger partial charge on any atom is -0.374 e. The first kappa shape index (κ1) is 12.8. The lowest BCUT2D eigenvalue weighted by atomic mass is 10.1. The SMILES string of the molecule is CN1CCOC(CN2C(=O)c3cccc4cccc2c34)C1. The number of benzene rings is 2. The third kappa shape index (κ3) is 2.03. The number of likely N-dealkylation sites (N-methyl/N-ethyl adjacent to an activating group) is 1.